The first-order valence-electron chi connectivity index (χ1n) is 9.30. The van der Waals surface area contributed by atoms with E-state index >= 15 is 0 Å². The third-order valence-electron chi connectivity index (χ3n) is 4.14. The molecule has 24 heavy (non-hydrogen) atoms. The first-order chi connectivity index (χ1) is 11.5. The molecular formula is C19H36O5. The molecule has 0 fully saturated rings. The van der Waals surface area contributed by atoms with Gasteiger partial charge in [0.1, 0.15) is 0 Å². The number of hydrogen-bond donors (Lipinski definition) is 3. The topological polar surface area (TPSA) is 87.0 Å². The average molecular weight is 344 g/mol. The zero-order chi connectivity index (χ0) is 18.2. The van der Waals surface area contributed by atoms with Crippen molar-refractivity contribution in [3.05, 3.63) is 12.2 Å². The summed E-state index contributed by atoms with van der Waals surface area (Å²) in [5.74, 6) is -0.180. The molecule has 0 rings (SSSR count). The lowest BCUT2D eigenvalue weighted by molar-refractivity contribution is -0.140. The molecule has 0 aromatic rings. The number of ether oxygens (including phenoxy) is 1. The highest BCUT2D eigenvalue weighted by atomic mass is 16.5. The van der Waals surface area contributed by atoms with Crippen LogP contribution in [0.3, 0.4) is 0 Å². The summed E-state index contributed by atoms with van der Waals surface area (Å²) < 4.78 is 4.57. The molecule has 5 nitrogen and oxygen atoms in total. The Hall–Kier alpha value is -0.910. The minimum atomic E-state index is -0.915. The Morgan fingerprint density at radius 2 is 1.54 bits per heavy atom. The van der Waals surface area contributed by atoms with Crippen molar-refractivity contribution in [2.24, 2.45) is 0 Å². The fourth-order valence-corrected chi connectivity index (χ4v) is 2.50. The number of rotatable bonds is 15. The van der Waals surface area contributed by atoms with Gasteiger partial charge in [0.25, 0.3) is 0 Å². The molecular weight excluding hydrogens is 308 g/mol. The maximum Gasteiger partial charge on any atom is 0.305 e. The highest BCUT2D eigenvalue weighted by molar-refractivity contribution is 5.68. The van der Waals surface area contributed by atoms with E-state index in [1.54, 1.807) is 6.08 Å². The van der Waals surface area contributed by atoms with Crippen LogP contribution >= 0.6 is 0 Å². The molecule has 0 bridgehead atoms. The van der Waals surface area contributed by atoms with Gasteiger partial charge in [-0.15, -0.1) is 0 Å². The van der Waals surface area contributed by atoms with Gasteiger partial charge in [-0.2, -0.15) is 0 Å². The van der Waals surface area contributed by atoms with Crippen LogP contribution < -0.4 is 0 Å². The molecule has 0 saturated heterocycles. The molecule has 3 unspecified atom stereocenters. The first-order valence-corrected chi connectivity index (χ1v) is 9.30. The molecule has 5 heteroatoms. The second-order valence-corrected chi connectivity index (χ2v) is 6.39. The van der Waals surface area contributed by atoms with Gasteiger partial charge in [-0.1, -0.05) is 64.0 Å². The molecule has 3 N–H and O–H groups in total. The van der Waals surface area contributed by atoms with Crippen molar-refractivity contribution < 1.29 is 24.9 Å². The summed E-state index contributed by atoms with van der Waals surface area (Å²) in [7, 11) is 1.39. The van der Waals surface area contributed by atoms with E-state index in [1.165, 1.54) is 13.2 Å². The SMILES string of the molecule is CCCCCCC(O)C(O)/C=C/C(O)CCCCCCC(=O)OC. The van der Waals surface area contributed by atoms with E-state index in [1.807, 2.05) is 0 Å². The smallest absolute Gasteiger partial charge is 0.305 e. The maximum absolute atomic E-state index is 10.9. The summed E-state index contributed by atoms with van der Waals surface area (Å²) in [6.45, 7) is 2.13. The minimum absolute atomic E-state index is 0.180. The highest BCUT2D eigenvalue weighted by Crippen LogP contribution is 2.11. The van der Waals surface area contributed by atoms with Gasteiger partial charge in [0.2, 0.25) is 0 Å². The molecule has 142 valence electrons. The van der Waals surface area contributed by atoms with Crippen molar-refractivity contribution in [2.45, 2.75) is 95.9 Å². The molecule has 0 aliphatic carbocycles. The van der Waals surface area contributed by atoms with E-state index in [2.05, 4.69) is 11.7 Å². The molecule has 0 spiro atoms. The standard InChI is InChI=1S/C19H36O5/c1-3-4-5-9-12-17(21)18(22)15-14-16(20)11-8-6-7-10-13-19(23)24-2/h14-18,20-22H,3-13H2,1-2H3/b15-14+. The normalized spacial score (nSPS) is 15.4. The van der Waals surface area contributed by atoms with E-state index in [0.717, 1.165) is 51.4 Å². The number of carbonyl (C=O) groups is 1. The minimum Gasteiger partial charge on any atom is -0.469 e. The van der Waals surface area contributed by atoms with Crippen molar-refractivity contribution in [1.82, 2.24) is 0 Å². The third kappa shape index (κ3) is 13.5. The Balaban J connectivity index is 3.71. The fourth-order valence-electron chi connectivity index (χ4n) is 2.50. The van der Waals surface area contributed by atoms with Gasteiger partial charge in [0.05, 0.1) is 25.4 Å². The van der Waals surface area contributed by atoms with Gasteiger partial charge in [-0.3, -0.25) is 4.79 Å². The van der Waals surface area contributed by atoms with Gasteiger partial charge in [0.15, 0.2) is 0 Å². The van der Waals surface area contributed by atoms with Gasteiger partial charge >= 0.3 is 5.97 Å². The monoisotopic (exact) mass is 344 g/mol. The average Bonchev–Trinajstić information content (AvgIpc) is 2.58. The molecule has 3 atom stereocenters. The summed E-state index contributed by atoms with van der Waals surface area (Å²) in [5, 5.41) is 29.6. The molecule has 0 radical (unpaired) electrons. The van der Waals surface area contributed by atoms with Crippen LogP contribution in [0.15, 0.2) is 12.2 Å². The summed E-state index contributed by atoms with van der Waals surface area (Å²) in [6.07, 6.45) is 10.3. The number of aliphatic hydroxyl groups excluding tert-OH is 3. The van der Waals surface area contributed by atoms with Crippen LogP contribution in [-0.2, 0) is 9.53 Å². The number of methoxy groups -OCH3 is 1. The Labute approximate surface area is 146 Å². The zero-order valence-corrected chi connectivity index (χ0v) is 15.3. The molecule has 0 amide bonds. The Bertz CT molecular complexity index is 330. The predicted molar refractivity (Wildman–Crippen MR) is 95.6 cm³/mol. The van der Waals surface area contributed by atoms with Crippen molar-refractivity contribution in [1.29, 1.82) is 0 Å². The van der Waals surface area contributed by atoms with Crippen LogP contribution in [0, 0.1) is 0 Å². The molecule has 0 aliphatic heterocycles. The number of carbonyl (C=O) groups excluding carboxylic acids is 1. The summed E-state index contributed by atoms with van der Waals surface area (Å²) in [4.78, 5) is 10.9. The van der Waals surface area contributed by atoms with Crippen LogP contribution in [0.25, 0.3) is 0 Å². The van der Waals surface area contributed by atoms with Crippen LogP contribution in [0.2, 0.25) is 0 Å². The molecule has 0 aromatic carbocycles. The van der Waals surface area contributed by atoms with Gasteiger partial charge in [-0.05, 0) is 19.3 Å². The lowest BCUT2D eigenvalue weighted by atomic mass is 10.0. The maximum atomic E-state index is 10.9. The highest BCUT2D eigenvalue weighted by Gasteiger charge is 2.13. The van der Waals surface area contributed by atoms with E-state index in [-0.39, 0.29) is 5.97 Å². The largest absolute Gasteiger partial charge is 0.469 e. The van der Waals surface area contributed by atoms with E-state index in [0.29, 0.717) is 19.3 Å². The van der Waals surface area contributed by atoms with Crippen LogP contribution in [0.1, 0.15) is 77.6 Å². The summed E-state index contributed by atoms with van der Waals surface area (Å²) in [5.41, 5.74) is 0. The van der Waals surface area contributed by atoms with Crippen molar-refractivity contribution in [3.63, 3.8) is 0 Å². The number of hydrogen-bond acceptors (Lipinski definition) is 5. The van der Waals surface area contributed by atoms with E-state index in [4.69, 9.17) is 0 Å². The Morgan fingerprint density at radius 3 is 2.21 bits per heavy atom. The van der Waals surface area contributed by atoms with Crippen molar-refractivity contribution in [3.8, 4) is 0 Å². The van der Waals surface area contributed by atoms with E-state index < -0.39 is 18.3 Å². The predicted octanol–water partition coefficient (Wildman–Crippen LogP) is 3.11. The second kappa shape index (κ2) is 15.6. The fraction of sp³-hybridized carbons (Fsp3) is 0.842. The second-order valence-electron chi connectivity index (χ2n) is 6.39. The summed E-state index contributed by atoms with van der Waals surface area (Å²) in [6, 6.07) is 0. The quantitative estimate of drug-likeness (QED) is 0.241. The first kappa shape index (κ1) is 23.1. The lowest BCUT2D eigenvalue weighted by Crippen LogP contribution is -2.24. The number of esters is 1. The number of unbranched alkanes of at least 4 members (excludes halogenated alkanes) is 6. The third-order valence-corrected chi connectivity index (χ3v) is 4.14. The van der Waals surface area contributed by atoms with Gasteiger partial charge < -0.3 is 20.1 Å². The van der Waals surface area contributed by atoms with Crippen LogP contribution in [-0.4, -0.2) is 46.7 Å². The molecule has 0 aliphatic rings. The lowest BCUT2D eigenvalue weighted by Gasteiger charge is -2.15. The Morgan fingerprint density at radius 1 is 0.917 bits per heavy atom. The van der Waals surface area contributed by atoms with Crippen molar-refractivity contribution in [2.75, 3.05) is 7.11 Å². The van der Waals surface area contributed by atoms with E-state index in [9.17, 15) is 20.1 Å². The van der Waals surface area contributed by atoms with Gasteiger partial charge in [0, 0.05) is 6.42 Å². The Kier molecular flexibility index (Phi) is 15.0. The van der Waals surface area contributed by atoms with Gasteiger partial charge in [-0.25, -0.2) is 0 Å². The molecule has 0 saturated carbocycles. The van der Waals surface area contributed by atoms with Crippen molar-refractivity contribution >= 4 is 5.97 Å². The summed E-state index contributed by atoms with van der Waals surface area (Å²) >= 11 is 0. The molecule has 0 heterocycles. The zero-order valence-electron chi connectivity index (χ0n) is 15.3. The van der Waals surface area contributed by atoms with Crippen LogP contribution in [0.4, 0.5) is 0 Å². The van der Waals surface area contributed by atoms with Crippen LogP contribution in [0.5, 0.6) is 0 Å². The molecule has 0 aromatic heterocycles. The number of aliphatic hydroxyl groups is 3.